The van der Waals surface area contributed by atoms with E-state index in [0.717, 1.165) is 37.6 Å². The highest BCUT2D eigenvalue weighted by Gasteiger charge is 2.25. The number of aromatic nitrogens is 1. The standard InChI is InChI=1S/C23H21N3O/c1-2-14-7-9-27-22(14)18(3-1)20-13-26-23-19(20)11-17(12-25-23)15-4-5-21-16(10-15)6-8-24-21/h1-6,8,11,13,16,24-26H,7,9-10,12H2. The third kappa shape index (κ3) is 2.29. The van der Waals surface area contributed by atoms with Gasteiger partial charge in [-0.1, -0.05) is 30.4 Å². The molecule has 6 rings (SSSR count). The fourth-order valence-electron chi connectivity index (χ4n) is 4.55. The molecule has 1 atom stereocenters. The van der Waals surface area contributed by atoms with Crippen LogP contribution in [0.2, 0.25) is 0 Å². The maximum absolute atomic E-state index is 5.95. The molecule has 0 bridgehead atoms. The van der Waals surface area contributed by atoms with Gasteiger partial charge in [0.2, 0.25) is 0 Å². The quantitative estimate of drug-likeness (QED) is 0.750. The van der Waals surface area contributed by atoms with Crippen molar-refractivity contribution in [2.75, 3.05) is 18.5 Å². The molecule has 4 nitrogen and oxygen atoms in total. The number of anilines is 1. The van der Waals surface area contributed by atoms with Crippen LogP contribution in [-0.4, -0.2) is 18.1 Å². The Morgan fingerprint density at radius 1 is 1.07 bits per heavy atom. The molecule has 27 heavy (non-hydrogen) atoms. The summed E-state index contributed by atoms with van der Waals surface area (Å²) in [7, 11) is 0. The summed E-state index contributed by atoms with van der Waals surface area (Å²) in [5, 5.41) is 6.90. The lowest BCUT2D eigenvalue weighted by Gasteiger charge is -2.23. The maximum atomic E-state index is 5.95. The fraction of sp³-hybridized carbons (Fsp3) is 0.217. The Morgan fingerprint density at radius 3 is 3.07 bits per heavy atom. The van der Waals surface area contributed by atoms with Crippen molar-refractivity contribution >= 4 is 11.9 Å². The van der Waals surface area contributed by atoms with Crippen LogP contribution in [-0.2, 0) is 6.42 Å². The van der Waals surface area contributed by atoms with Gasteiger partial charge in [-0.15, -0.1) is 0 Å². The van der Waals surface area contributed by atoms with Crippen LogP contribution >= 0.6 is 0 Å². The van der Waals surface area contributed by atoms with Crippen LogP contribution in [0.4, 0.5) is 5.82 Å². The molecule has 3 aliphatic heterocycles. The van der Waals surface area contributed by atoms with Crippen LogP contribution in [0, 0.1) is 5.92 Å². The summed E-state index contributed by atoms with van der Waals surface area (Å²) in [5.41, 5.74) is 9.03. The Kier molecular flexibility index (Phi) is 3.15. The lowest BCUT2D eigenvalue weighted by atomic mass is 9.86. The molecule has 0 spiro atoms. The zero-order chi connectivity index (χ0) is 17.8. The highest BCUT2D eigenvalue weighted by Crippen LogP contribution is 2.43. The molecule has 3 N–H and O–H groups in total. The van der Waals surface area contributed by atoms with E-state index in [1.54, 1.807) is 0 Å². The molecule has 1 aromatic carbocycles. The van der Waals surface area contributed by atoms with Gasteiger partial charge in [0.1, 0.15) is 11.6 Å². The lowest BCUT2D eigenvalue weighted by molar-refractivity contribution is 0.358. The molecule has 0 fully saturated rings. The van der Waals surface area contributed by atoms with Crippen molar-refractivity contribution in [1.29, 1.82) is 0 Å². The monoisotopic (exact) mass is 355 g/mol. The molecule has 0 amide bonds. The fourth-order valence-corrected chi connectivity index (χ4v) is 4.55. The molecule has 134 valence electrons. The summed E-state index contributed by atoms with van der Waals surface area (Å²) in [5.74, 6) is 2.63. The molecule has 1 unspecified atom stereocenters. The topological polar surface area (TPSA) is 49.1 Å². The minimum absolute atomic E-state index is 0.490. The summed E-state index contributed by atoms with van der Waals surface area (Å²) in [4.78, 5) is 3.41. The van der Waals surface area contributed by atoms with E-state index < -0.39 is 0 Å². The second-order valence-electron chi connectivity index (χ2n) is 7.53. The number of rotatable bonds is 2. The molecular weight excluding hydrogens is 334 g/mol. The second-order valence-corrected chi connectivity index (χ2v) is 7.53. The number of hydrogen-bond donors (Lipinski definition) is 3. The minimum atomic E-state index is 0.490. The first kappa shape index (κ1) is 15.0. The van der Waals surface area contributed by atoms with Crippen LogP contribution < -0.4 is 15.4 Å². The van der Waals surface area contributed by atoms with Gasteiger partial charge >= 0.3 is 0 Å². The van der Waals surface area contributed by atoms with Gasteiger partial charge in [-0.3, -0.25) is 0 Å². The summed E-state index contributed by atoms with van der Waals surface area (Å²) in [6, 6.07) is 6.47. The second kappa shape index (κ2) is 5.68. The van der Waals surface area contributed by atoms with Crippen molar-refractivity contribution in [1.82, 2.24) is 10.3 Å². The average Bonchev–Trinajstić information content (AvgIpc) is 3.44. The number of allylic oxidation sites excluding steroid dienone is 3. The molecule has 0 radical (unpaired) electrons. The average molecular weight is 355 g/mol. The Morgan fingerprint density at radius 2 is 2.07 bits per heavy atom. The summed E-state index contributed by atoms with van der Waals surface area (Å²) in [6.07, 6.45) is 15.3. The van der Waals surface area contributed by atoms with Crippen molar-refractivity contribution in [3.8, 4) is 16.9 Å². The van der Waals surface area contributed by atoms with E-state index in [9.17, 15) is 0 Å². The molecule has 4 heterocycles. The number of hydrogen-bond acceptors (Lipinski definition) is 3. The molecule has 0 saturated carbocycles. The van der Waals surface area contributed by atoms with E-state index in [1.165, 1.54) is 39.1 Å². The van der Waals surface area contributed by atoms with Gasteiger partial charge in [0.05, 0.1) is 6.61 Å². The first-order valence-electron chi connectivity index (χ1n) is 9.62. The van der Waals surface area contributed by atoms with E-state index in [2.05, 4.69) is 70.5 Å². The van der Waals surface area contributed by atoms with Gasteiger partial charge < -0.3 is 20.4 Å². The molecule has 1 aromatic heterocycles. The SMILES string of the molecule is C1=CC2CC(C3=Cc4c(-c5cccc6c5OCC6)c[nH]c4NC3)=CC=C2N1. The Bertz CT molecular complexity index is 1070. The maximum Gasteiger partial charge on any atom is 0.130 e. The van der Waals surface area contributed by atoms with Crippen molar-refractivity contribution < 1.29 is 4.74 Å². The van der Waals surface area contributed by atoms with E-state index in [-0.39, 0.29) is 0 Å². The molecule has 4 aliphatic rings. The van der Waals surface area contributed by atoms with Gasteiger partial charge in [-0.25, -0.2) is 0 Å². The summed E-state index contributed by atoms with van der Waals surface area (Å²) < 4.78 is 5.95. The minimum Gasteiger partial charge on any atom is -0.492 e. The molecular formula is C23H21N3O. The Balaban J connectivity index is 1.42. The molecule has 2 aromatic rings. The molecule has 0 saturated heterocycles. The number of H-pyrrole nitrogens is 1. The lowest BCUT2D eigenvalue weighted by Crippen LogP contribution is -2.16. The van der Waals surface area contributed by atoms with Crippen LogP contribution in [0.1, 0.15) is 17.5 Å². The number of nitrogens with one attached hydrogen (secondary N) is 3. The predicted molar refractivity (Wildman–Crippen MR) is 108 cm³/mol. The van der Waals surface area contributed by atoms with Crippen molar-refractivity contribution in [3.05, 3.63) is 76.8 Å². The predicted octanol–water partition coefficient (Wildman–Crippen LogP) is 4.37. The van der Waals surface area contributed by atoms with Crippen molar-refractivity contribution in [2.24, 2.45) is 5.92 Å². The third-order valence-electron chi connectivity index (χ3n) is 5.99. The summed E-state index contributed by atoms with van der Waals surface area (Å²) in [6.45, 7) is 1.64. The Labute approximate surface area is 158 Å². The first-order chi connectivity index (χ1) is 13.4. The first-order valence-corrected chi connectivity index (χ1v) is 9.62. The normalized spacial score (nSPS) is 21.8. The molecule has 4 heteroatoms. The highest BCUT2D eigenvalue weighted by molar-refractivity contribution is 5.88. The highest BCUT2D eigenvalue weighted by atomic mass is 16.5. The van der Waals surface area contributed by atoms with E-state index >= 15 is 0 Å². The van der Waals surface area contributed by atoms with Crippen LogP contribution in [0.3, 0.4) is 0 Å². The van der Waals surface area contributed by atoms with Gasteiger partial charge in [0.25, 0.3) is 0 Å². The van der Waals surface area contributed by atoms with E-state index in [4.69, 9.17) is 4.74 Å². The zero-order valence-electron chi connectivity index (χ0n) is 15.0. The van der Waals surface area contributed by atoms with Gasteiger partial charge in [-0.2, -0.15) is 0 Å². The summed E-state index contributed by atoms with van der Waals surface area (Å²) >= 11 is 0. The third-order valence-corrected chi connectivity index (χ3v) is 5.99. The van der Waals surface area contributed by atoms with Gasteiger partial charge in [-0.05, 0) is 41.5 Å². The van der Waals surface area contributed by atoms with Crippen LogP contribution in [0.25, 0.3) is 17.2 Å². The van der Waals surface area contributed by atoms with Crippen LogP contribution in [0.15, 0.2) is 65.7 Å². The number of benzene rings is 1. The number of aromatic amines is 1. The largest absolute Gasteiger partial charge is 0.492 e. The number of ether oxygens (including phenoxy) is 1. The molecule has 1 aliphatic carbocycles. The van der Waals surface area contributed by atoms with Crippen molar-refractivity contribution in [2.45, 2.75) is 12.8 Å². The number of para-hydroxylation sites is 1. The number of fused-ring (bicyclic) bond motifs is 3. The van der Waals surface area contributed by atoms with Crippen molar-refractivity contribution in [3.63, 3.8) is 0 Å². The Hall–Kier alpha value is -3.14. The van der Waals surface area contributed by atoms with E-state index in [1.807, 2.05) is 0 Å². The smallest absolute Gasteiger partial charge is 0.130 e. The van der Waals surface area contributed by atoms with E-state index in [0.29, 0.717) is 5.92 Å². The van der Waals surface area contributed by atoms with Gasteiger partial charge in [0, 0.05) is 47.5 Å². The zero-order valence-corrected chi connectivity index (χ0v) is 15.0. The van der Waals surface area contributed by atoms with Crippen LogP contribution in [0.5, 0.6) is 5.75 Å². The van der Waals surface area contributed by atoms with Gasteiger partial charge in [0.15, 0.2) is 0 Å².